The molecule has 4 rings (SSSR count). The van der Waals surface area contributed by atoms with Crippen LogP contribution in [0.2, 0.25) is 0 Å². The van der Waals surface area contributed by atoms with Crippen LogP contribution >= 0.6 is 0 Å². The molecule has 3 saturated carbocycles. The van der Waals surface area contributed by atoms with Gasteiger partial charge in [-0.05, 0) is 88.5 Å². The van der Waals surface area contributed by atoms with Crippen LogP contribution in [-0.4, -0.2) is 71.5 Å². The van der Waals surface area contributed by atoms with Gasteiger partial charge in [-0.15, -0.1) is 0 Å². The Morgan fingerprint density at radius 1 is 1.13 bits per heavy atom. The van der Waals surface area contributed by atoms with Crippen molar-refractivity contribution in [3.8, 4) is 0 Å². The summed E-state index contributed by atoms with van der Waals surface area (Å²) in [6, 6.07) is 0.667. The van der Waals surface area contributed by atoms with Gasteiger partial charge in [0.25, 0.3) is 0 Å². The summed E-state index contributed by atoms with van der Waals surface area (Å²) in [7, 11) is 2.25. The van der Waals surface area contributed by atoms with Crippen molar-refractivity contribution in [3.63, 3.8) is 0 Å². The maximum absolute atomic E-state index is 10.0. The van der Waals surface area contributed by atoms with Crippen LogP contribution < -0.4 is 0 Å². The molecule has 176 valence electrons. The van der Waals surface area contributed by atoms with Crippen LogP contribution in [0.1, 0.15) is 72.1 Å². The molecule has 0 aromatic rings. The summed E-state index contributed by atoms with van der Waals surface area (Å²) in [5, 5.41) is 20.0. The lowest BCUT2D eigenvalue weighted by atomic mass is 9.61. The molecule has 4 aliphatic rings. The molecule has 0 aromatic carbocycles. The average Bonchev–Trinajstić information content (AvgIpc) is 3.05. The first kappa shape index (κ1) is 23.5. The fourth-order valence-corrected chi connectivity index (χ4v) is 7.69. The van der Waals surface area contributed by atoms with E-state index in [2.05, 4.69) is 49.8 Å². The number of aliphatic hydroxyl groups excluding tert-OH is 2. The molecule has 4 nitrogen and oxygen atoms in total. The normalized spacial score (nSPS) is 42.6. The molecule has 1 heterocycles. The largest absolute Gasteiger partial charge is 0.393 e. The van der Waals surface area contributed by atoms with Gasteiger partial charge in [0.05, 0.1) is 12.2 Å². The van der Waals surface area contributed by atoms with E-state index in [0.717, 1.165) is 24.7 Å². The Hall–Kier alpha value is -0.680. The molecule has 4 fully saturated rings. The molecule has 0 radical (unpaired) electrons. The third kappa shape index (κ3) is 5.13. The van der Waals surface area contributed by atoms with Gasteiger partial charge in [-0.25, -0.2) is 0 Å². The number of likely N-dealkylation sites (N-methyl/N-ethyl adjacent to an activating group) is 1. The van der Waals surface area contributed by atoms with Crippen LogP contribution in [0.3, 0.4) is 0 Å². The van der Waals surface area contributed by atoms with E-state index in [1.807, 2.05) is 0 Å². The highest BCUT2D eigenvalue weighted by molar-refractivity contribution is 5.26. The van der Waals surface area contributed by atoms with Crippen molar-refractivity contribution < 1.29 is 10.2 Å². The Bertz CT molecular complexity index is 677. The second-order valence-corrected chi connectivity index (χ2v) is 11.7. The lowest BCUT2D eigenvalue weighted by molar-refractivity contribution is 0.0434. The molecule has 0 unspecified atom stereocenters. The van der Waals surface area contributed by atoms with Crippen LogP contribution in [0.25, 0.3) is 0 Å². The number of allylic oxidation sites excluding steroid dienone is 3. The number of fused-ring (bicyclic) bond motifs is 1. The third-order valence-corrected chi connectivity index (χ3v) is 9.29. The summed E-state index contributed by atoms with van der Waals surface area (Å²) in [6.07, 6.45) is 12.5. The van der Waals surface area contributed by atoms with E-state index in [4.69, 9.17) is 0 Å². The SMILES string of the molecule is C[C@H](CN1CCN(C)C[C@H]1C)[C@H]1CC[C@H]2/C(=C/C=C3C[C@@H](O)C[C@H](O)C3)CCC[C@]12C. The fourth-order valence-electron chi connectivity index (χ4n) is 7.69. The minimum absolute atomic E-state index is 0.376. The van der Waals surface area contributed by atoms with Crippen molar-refractivity contribution in [3.05, 3.63) is 23.3 Å². The Morgan fingerprint density at radius 3 is 2.58 bits per heavy atom. The number of hydrogen-bond acceptors (Lipinski definition) is 4. The average molecular weight is 431 g/mol. The monoisotopic (exact) mass is 430 g/mol. The van der Waals surface area contributed by atoms with Crippen LogP contribution in [-0.2, 0) is 0 Å². The van der Waals surface area contributed by atoms with Gasteiger partial charge in [0, 0.05) is 32.2 Å². The molecule has 3 aliphatic carbocycles. The molecular weight excluding hydrogens is 384 g/mol. The second kappa shape index (κ2) is 9.67. The predicted molar refractivity (Wildman–Crippen MR) is 128 cm³/mol. The minimum atomic E-state index is -0.376. The zero-order valence-electron chi connectivity index (χ0n) is 20.4. The van der Waals surface area contributed by atoms with Gasteiger partial charge in [0.1, 0.15) is 0 Å². The van der Waals surface area contributed by atoms with Crippen LogP contribution in [0, 0.1) is 23.2 Å². The standard InChI is InChI=1S/C27H46N2O2/c1-19(17-29-13-12-28(4)18-20(29)2)25-9-10-26-22(6-5-11-27(25,26)3)8-7-21-14-23(30)16-24(31)15-21/h7-8,19-20,23-26,30-31H,5-6,9-18H2,1-4H3/b22-8+/t19-,20-,23-,24-,25-,26+,27-/m1/s1. The molecule has 2 N–H and O–H groups in total. The molecule has 0 aromatic heterocycles. The number of hydrogen-bond donors (Lipinski definition) is 2. The summed E-state index contributed by atoms with van der Waals surface area (Å²) in [5.41, 5.74) is 3.29. The number of nitrogens with zero attached hydrogens (tertiary/aromatic N) is 2. The maximum Gasteiger partial charge on any atom is 0.0602 e. The fraction of sp³-hybridized carbons (Fsp3) is 0.852. The highest BCUT2D eigenvalue weighted by Crippen LogP contribution is 2.59. The molecule has 0 amide bonds. The third-order valence-electron chi connectivity index (χ3n) is 9.29. The first-order valence-corrected chi connectivity index (χ1v) is 12.9. The van der Waals surface area contributed by atoms with Crippen molar-refractivity contribution in [2.75, 3.05) is 33.2 Å². The first-order valence-electron chi connectivity index (χ1n) is 12.9. The minimum Gasteiger partial charge on any atom is -0.393 e. The Labute approximate surface area is 190 Å². The van der Waals surface area contributed by atoms with E-state index in [1.54, 1.807) is 5.57 Å². The van der Waals surface area contributed by atoms with Gasteiger partial charge in [0.2, 0.25) is 0 Å². The smallest absolute Gasteiger partial charge is 0.0602 e. The highest BCUT2D eigenvalue weighted by atomic mass is 16.3. The number of rotatable bonds is 4. The zero-order chi connectivity index (χ0) is 22.2. The van der Waals surface area contributed by atoms with Crippen molar-refractivity contribution in [1.29, 1.82) is 0 Å². The Balaban J connectivity index is 1.43. The molecule has 1 aliphatic heterocycles. The predicted octanol–water partition coefficient (Wildman–Crippen LogP) is 4.23. The lowest BCUT2D eigenvalue weighted by Gasteiger charge is -2.46. The van der Waals surface area contributed by atoms with Crippen molar-refractivity contribution >= 4 is 0 Å². The first-order chi connectivity index (χ1) is 14.8. The maximum atomic E-state index is 10.0. The van der Waals surface area contributed by atoms with E-state index in [0.29, 0.717) is 23.8 Å². The summed E-state index contributed by atoms with van der Waals surface area (Å²) < 4.78 is 0. The van der Waals surface area contributed by atoms with Crippen LogP contribution in [0.5, 0.6) is 0 Å². The van der Waals surface area contributed by atoms with Crippen molar-refractivity contribution in [2.45, 2.75) is 90.4 Å². The van der Waals surface area contributed by atoms with E-state index in [9.17, 15) is 10.2 Å². The quantitative estimate of drug-likeness (QED) is 0.701. The van der Waals surface area contributed by atoms with Crippen LogP contribution in [0.15, 0.2) is 23.3 Å². The highest BCUT2D eigenvalue weighted by Gasteiger charge is 2.50. The Kier molecular flexibility index (Phi) is 7.32. The van der Waals surface area contributed by atoms with Gasteiger partial charge in [-0.3, -0.25) is 4.90 Å². The van der Waals surface area contributed by atoms with Crippen LogP contribution in [0.4, 0.5) is 0 Å². The molecule has 1 saturated heterocycles. The van der Waals surface area contributed by atoms with Gasteiger partial charge < -0.3 is 15.1 Å². The van der Waals surface area contributed by atoms with E-state index >= 15 is 0 Å². The number of piperazine rings is 1. The summed E-state index contributed by atoms with van der Waals surface area (Å²) in [5.74, 6) is 2.29. The topological polar surface area (TPSA) is 46.9 Å². The van der Waals surface area contributed by atoms with Gasteiger partial charge >= 0.3 is 0 Å². The van der Waals surface area contributed by atoms with E-state index in [1.165, 1.54) is 63.9 Å². The van der Waals surface area contributed by atoms with E-state index < -0.39 is 0 Å². The van der Waals surface area contributed by atoms with Crippen molar-refractivity contribution in [1.82, 2.24) is 9.80 Å². The molecule has 7 atom stereocenters. The zero-order valence-corrected chi connectivity index (χ0v) is 20.4. The second-order valence-electron chi connectivity index (χ2n) is 11.7. The van der Waals surface area contributed by atoms with Gasteiger partial charge in [-0.1, -0.05) is 37.1 Å². The van der Waals surface area contributed by atoms with Gasteiger partial charge in [0.15, 0.2) is 0 Å². The molecule has 4 heteroatoms. The van der Waals surface area contributed by atoms with Crippen molar-refractivity contribution in [2.24, 2.45) is 23.2 Å². The van der Waals surface area contributed by atoms with Gasteiger partial charge in [-0.2, -0.15) is 0 Å². The molecule has 0 bridgehead atoms. The number of aliphatic hydroxyl groups is 2. The molecule has 31 heavy (non-hydrogen) atoms. The lowest BCUT2D eigenvalue weighted by Crippen LogP contribution is -2.52. The Morgan fingerprint density at radius 2 is 1.87 bits per heavy atom. The summed E-state index contributed by atoms with van der Waals surface area (Å²) in [4.78, 5) is 5.21. The summed E-state index contributed by atoms with van der Waals surface area (Å²) in [6.45, 7) is 12.4. The summed E-state index contributed by atoms with van der Waals surface area (Å²) >= 11 is 0. The molecule has 0 spiro atoms. The molecular formula is C27H46N2O2. The van der Waals surface area contributed by atoms with E-state index in [-0.39, 0.29) is 12.2 Å².